The molecule has 5 saturated carbocycles. The molecule has 0 spiro atoms. The Bertz CT molecular complexity index is 441. The molecule has 0 aliphatic heterocycles. The third-order valence-electron chi connectivity index (χ3n) is 5.63. The Morgan fingerprint density at radius 3 is 2.33 bits per heavy atom. The van der Waals surface area contributed by atoms with Crippen molar-refractivity contribution in [1.82, 2.24) is 0 Å². The van der Waals surface area contributed by atoms with E-state index in [1.54, 1.807) is 0 Å². The van der Waals surface area contributed by atoms with Gasteiger partial charge in [-0.2, -0.15) is 0 Å². The van der Waals surface area contributed by atoms with E-state index in [-0.39, 0.29) is 0 Å². The van der Waals surface area contributed by atoms with Gasteiger partial charge in [0.2, 0.25) is 0 Å². The van der Waals surface area contributed by atoms with E-state index in [4.69, 9.17) is 0 Å². The van der Waals surface area contributed by atoms with Gasteiger partial charge < -0.3 is 5.32 Å². The van der Waals surface area contributed by atoms with Crippen molar-refractivity contribution in [3.05, 3.63) is 28.7 Å². The molecular formula is C16H20BrN. The Morgan fingerprint density at radius 1 is 0.889 bits per heavy atom. The first-order valence-corrected chi connectivity index (χ1v) is 8.11. The van der Waals surface area contributed by atoms with Crippen LogP contribution in [-0.4, -0.2) is 6.04 Å². The summed E-state index contributed by atoms with van der Waals surface area (Å²) < 4.78 is 1.16. The minimum Gasteiger partial charge on any atom is -0.382 e. The molecule has 5 fully saturated rings. The molecule has 0 amide bonds. The summed E-state index contributed by atoms with van der Waals surface area (Å²) in [6, 6.07) is 9.41. The summed E-state index contributed by atoms with van der Waals surface area (Å²) in [5.74, 6) is 4.09. The van der Waals surface area contributed by atoms with Crippen LogP contribution in [0.5, 0.6) is 0 Å². The first-order chi connectivity index (χ1) is 8.79. The number of hydrogen-bond acceptors (Lipinski definition) is 1. The Kier molecular flexibility index (Phi) is 2.68. The summed E-state index contributed by atoms with van der Waals surface area (Å²) in [4.78, 5) is 0. The maximum atomic E-state index is 3.80. The maximum Gasteiger partial charge on any atom is 0.0343 e. The lowest BCUT2D eigenvalue weighted by Crippen LogP contribution is -2.52. The molecule has 6 rings (SSSR count). The van der Waals surface area contributed by atoms with E-state index in [1.165, 1.54) is 37.8 Å². The predicted molar refractivity (Wildman–Crippen MR) is 78.6 cm³/mol. The highest BCUT2D eigenvalue weighted by atomic mass is 79.9. The van der Waals surface area contributed by atoms with E-state index in [1.807, 2.05) is 0 Å². The van der Waals surface area contributed by atoms with Gasteiger partial charge in [0.15, 0.2) is 0 Å². The molecule has 5 atom stereocenters. The number of nitrogens with one attached hydrogen (secondary N) is 1. The molecule has 1 nitrogen and oxygen atoms in total. The molecule has 96 valence electrons. The smallest absolute Gasteiger partial charge is 0.0343 e. The van der Waals surface area contributed by atoms with Crippen LogP contribution >= 0.6 is 15.9 Å². The van der Waals surface area contributed by atoms with Crippen molar-refractivity contribution in [1.29, 1.82) is 0 Å². The van der Waals surface area contributed by atoms with Gasteiger partial charge in [0.25, 0.3) is 0 Å². The average molecular weight is 306 g/mol. The van der Waals surface area contributed by atoms with E-state index in [0.29, 0.717) is 0 Å². The van der Waals surface area contributed by atoms with Crippen molar-refractivity contribution in [3.63, 3.8) is 0 Å². The minimum absolute atomic E-state index is 0.742. The van der Waals surface area contributed by atoms with E-state index in [2.05, 4.69) is 45.5 Å². The average Bonchev–Trinajstić information content (AvgIpc) is 2.42. The van der Waals surface area contributed by atoms with E-state index < -0.39 is 0 Å². The van der Waals surface area contributed by atoms with Gasteiger partial charge >= 0.3 is 0 Å². The molecule has 5 aliphatic rings. The molecule has 5 unspecified atom stereocenters. The van der Waals surface area contributed by atoms with E-state index in [0.717, 1.165) is 34.2 Å². The number of anilines is 1. The second-order valence-electron chi connectivity index (χ2n) is 6.49. The molecular weight excluding hydrogens is 286 g/mol. The molecule has 1 N–H and O–H groups in total. The van der Waals surface area contributed by atoms with Crippen molar-refractivity contribution < 1.29 is 0 Å². The van der Waals surface area contributed by atoms with Crippen LogP contribution < -0.4 is 5.32 Å². The highest BCUT2D eigenvalue weighted by molar-refractivity contribution is 9.10. The fourth-order valence-electron chi connectivity index (χ4n) is 4.81. The molecule has 18 heavy (non-hydrogen) atoms. The summed E-state index contributed by atoms with van der Waals surface area (Å²) in [6.07, 6.45) is 7.49. The van der Waals surface area contributed by atoms with Gasteiger partial charge in [0.1, 0.15) is 0 Å². The second-order valence-corrected chi connectivity index (χ2v) is 7.40. The zero-order valence-electron chi connectivity index (χ0n) is 10.6. The van der Waals surface area contributed by atoms with Crippen LogP contribution in [0, 0.1) is 23.7 Å². The van der Waals surface area contributed by atoms with Gasteiger partial charge in [-0.15, -0.1) is 0 Å². The summed E-state index contributed by atoms with van der Waals surface area (Å²) in [7, 11) is 0. The van der Waals surface area contributed by atoms with Gasteiger partial charge in [-0.05, 0) is 80.0 Å². The van der Waals surface area contributed by atoms with Gasteiger partial charge in [-0.1, -0.05) is 15.9 Å². The third-order valence-corrected chi connectivity index (χ3v) is 6.16. The van der Waals surface area contributed by atoms with Crippen molar-refractivity contribution in [3.8, 4) is 0 Å². The Labute approximate surface area is 117 Å². The summed E-state index contributed by atoms with van der Waals surface area (Å²) in [5.41, 5.74) is 1.30. The zero-order valence-corrected chi connectivity index (χ0v) is 12.2. The Balaban J connectivity index is 1.51. The van der Waals surface area contributed by atoms with Crippen molar-refractivity contribution in [2.24, 2.45) is 23.7 Å². The molecule has 1 aromatic rings. The number of fused-ring (bicyclic) bond motifs is 2. The van der Waals surface area contributed by atoms with Crippen LogP contribution in [-0.2, 0) is 0 Å². The van der Waals surface area contributed by atoms with Crippen LogP contribution in [0.2, 0.25) is 0 Å². The molecule has 0 aromatic heterocycles. The molecule has 1 aromatic carbocycles. The van der Waals surface area contributed by atoms with Crippen LogP contribution in [0.25, 0.3) is 0 Å². The van der Waals surface area contributed by atoms with Crippen molar-refractivity contribution in [2.75, 3.05) is 5.32 Å². The van der Waals surface area contributed by atoms with Gasteiger partial charge in [0.05, 0.1) is 0 Å². The third kappa shape index (κ3) is 1.80. The standard InChI is InChI=1S/C16H20BrN/c17-13-3-5-14(6-4-13)18-16-9-12-7-11-2-1-10(12)8-15(11)16/h3-6,10-12,15-16,18H,1-2,7-9H2. The second kappa shape index (κ2) is 4.26. The first-order valence-electron chi connectivity index (χ1n) is 7.32. The van der Waals surface area contributed by atoms with Crippen LogP contribution in [0.4, 0.5) is 5.69 Å². The normalized spacial score (nSPS) is 41.1. The molecule has 4 bridgehead atoms. The molecule has 2 heteroatoms. The van der Waals surface area contributed by atoms with Crippen molar-refractivity contribution >= 4 is 21.6 Å². The lowest BCUT2D eigenvalue weighted by Gasteiger charge is -2.56. The largest absolute Gasteiger partial charge is 0.382 e. The number of benzene rings is 1. The van der Waals surface area contributed by atoms with Crippen LogP contribution in [0.1, 0.15) is 32.1 Å². The highest BCUT2D eigenvalue weighted by Gasteiger charge is 2.49. The van der Waals surface area contributed by atoms with Gasteiger partial charge in [0, 0.05) is 16.2 Å². The topological polar surface area (TPSA) is 12.0 Å². The Morgan fingerprint density at radius 2 is 1.67 bits per heavy atom. The van der Waals surface area contributed by atoms with Gasteiger partial charge in [-0.25, -0.2) is 0 Å². The van der Waals surface area contributed by atoms with Crippen molar-refractivity contribution in [2.45, 2.75) is 38.1 Å². The van der Waals surface area contributed by atoms with E-state index in [9.17, 15) is 0 Å². The fourth-order valence-corrected chi connectivity index (χ4v) is 5.08. The molecule has 0 radical (unpaired) electrons. The predicted octanol–water partition coefficient (Wildman–Crippen LogP) is 4.69. The lowest BCUT2D eigenvalue weighted by molar-refractivity contribution is -0.0253. The van der Waals surface area contributed by atoms with E-state index >= 15 is 0 Å². The number of halogens is 1. The highest BCUT2D eigenvalue weighted by Crippen LogP contribution is 2.56. The minimum atomic E-state index is 0.742. The van der Waals surface area contributed by atoms with Gasteiger partial charge in [-0.3, -0.25) is 0 Å². The lowest BCUT2D eigenvalue weighted by atomic mass is 9.51. The maximum absolute atomic E-state index is 3.80. The monoisotopic (exact) mass is 305 g/mol. The number of hydrogen-bond donors (Lipinski definition) is 1. The molecule has 0 saturated heterocycles. The van der Waals surface area contributed by atoms with Crippen LogP contribution in [0.15, 0.2) is 28.7 Å². The fraction of sp³-hybridized carbons (Fsp3) is 0.625. The summed E-state index contributed by atoms with van der Waals surface area (Å²) >= 11 is 3.50. The molecule has 5 aliphatic carbocycles. The zero-order chi connectivity index (χ0) is 12.1. The molecule has 0 heterocycles. The Hall–Kier alpha value is -0.500. The quantitative estimate of drug-likeness (QED) is 0.836. The SMILES string of the molecule is Brc1ccc(NC2CC3CC4CCC3CC42)cc1. The van der Waals surface area contributed by atoms with Crippen LogP contribution in [0.3, 0.4) is 0 Å². The summed E-state index contributed by atoms with van der Waals surface area (Å²) in [6.45, 7) is 0. The number of rotatable bonds is 2. The first kappa shape index (κ1) is 11.3. The summed E-state index contributed by atoms with van der Waals surface area (Å²) in [5, 5.41) is 3.80.